The summed E-state index contributed by atoms with van der Waals surface area (Å²) in [5.74, 6) is -0.301. The normalized spacial score (nSPS) is 14.2. The van der Waals surface area contributed by atoms with Gasteiger partial charge in [0.05, 0.1) is 6.10 Å². The molecule has 0 aliphatic heterocycles. The van der Waals surface area contributed by atoms with Crippen molar-refractivity contribution in [2.24, 2.45) is 5.92 Å². The number of carbonyl (C=O) groups is 1. The van der Waals surface area contributed by atoms with Gasteiger partial charge in [-0.05, 0) is 11.5 Å². The first-order valence-corrected chi connectivity index (χ1v) is 6.78. The van der Waals surface area contributed by atoms with E-state index < -0.39 is 18.1 Å². The van der Waals surface area contributed by atoms with Crippen LogP contribution in [0, 0.1) is 5.92 Å². The topological polar surface area (TPSA) is 69.6 Å². The Morgan fingerprint density at radius 2 is 1.74 bits per heavy atom. The molecule has 0 heterocycles. The lowest BCUT2D eigenvalue weighted by atomic mass is 9.96. The zero-order valence-electron chi connectivity index (χ0n) is 11.5. The van der Waals surface area contributed by atoms with Crippen molar-refractivity contribution in [2.45, 2.75) is 38.9 Å². The van der Waals surface area contributed by atoms with Gasteiger partial charge in [0, 0.05) is 6.54 Å². The standard InChI is InChI=1S/C15H23NO3/c1-3-11(4-2)13(17)10-16-15(19)14(18)12-8-6-5-7-9-12/h5-9,11,13-14,17-18H,3-4,10H2,1-2H3,(H,16,19)/t13?,14-/m1/s1. The molecule has 0 saturated carbocycles. The molecule has 1 unspecified atom stereocenters. The zero-order chi connectivity index (χ0) is 14.3. The molecule has 19 heavy (non-hydrogen) atoms. The average Bonchev–Trinajstić information content (AvgIpc) is 2.46. The number of amides is 1. The van der Waals surface area contributed by atoms with E-state index in [0.717, 1.165) is 12.8 Å². The van der Waals surface area contributed by atoms with Crippen molar-refractivity contribution in [1.82, 2.24) is 5.32 Å². The van der Waals surface area contributed by atoms with Gasteiger partial charge in [0.25, 0.3) is 5.91 Å². The molecule has 1 rings (SSSR count). The molecule has 0 fully saturated rings. The Kier molecular flexibility index (Phi) is 6.53. The number of benzene rings is 1. The van der Waals surface area contributed by atoms with E-state index in [1.165, 1.54) is 0 Å². The Morgan fingerprint density at radius 1 is 1.16 bits per heavy atom. The molecular weight excluding hydrogens is 242 g/mol. The number of rotatable bonds is 7. The van der Waals surface area contributed by atoms with Gasteiger partial charge in [0.2, 0.25) is 0 Å². The summed E-state index contributed by atoms with van der Waals surface area (Å²) in [6.07, 6.45) is -0.0131. The Hall–Kier alpha value is -1.39. The van der Waals surface area contributed by atoms with Crippen molar-refractivity contribution in [1.29, 1.82) is 0 Å². The molecule has 4 nitrogen and oxygen atoms in total. The third-order valence-electron chi connectivity index (χ3n) is 3.44. The predicted octanol–water partition coefficient (Wildman–Crippen LogP) is 1.63. The number of aliphatic hydroxyl groups is 2. The van der Waals surface area contributed by atoms with Crippen LogP contribution in [0.25, 0.3) is 0 Å². The van der Waals surface area contributed by atoms with Crippen LogP contribution in [-0.2, 0) is 4.79 Å². The van der Waals surface area contributed by atoms with Crippen LogP contribution in [-0.4, -0.2) is 28.8 Å². The van der Waals surface area contributed by atoms with Crippen molar-refractivity contribution >= 4 is 5.91 Å². The quantitative estimate of drug-likeness (QED) is 0.702. The second kappa shape index (κ2) is 7.92. The van der Waals surface area contributed by atoms with E-state index in [4.69, 9.17) is 0 Å². The maximum absolute atomic E-state index is 11.8. The minimum absolute atomic E-state index is 0.175. The number of nitrogens with one attached hydrogen (secondary N) is 1. The zero-order valence-corrected chi connectivity index (χ0v) is 11.5. The highest BCUT2D eigenvalue weighted by Gasteiger charge is 2.20. The first-order chi connectivity index (χ1) is 9.10. The van der Waals surface area contributed by atoms with Crippen LogP contribution < -0.4 is 5.32 Å². The van der Waals surface area contributed by atoms with E-state index in [0.29, 0.717) is 5.56 Å². The third-order valence-corrected chi connectivity index (χ3v) is 3.44. The first kappa shape index (κ1) is 15.7. The van der Waals surface area contributed by atoms with Crippen LogP contribution in [0.3, 0.4) is 0 Å². The maximum Gasteiger partial charge on any atom is 0.253 e. The smallest absolute Gasteiger partial charge is 0.253 e. The Labute approximate surface area is 114 Å². The van der Waals surface area contributed by atoms with Crippen molar-refractivity contribution in [3.63, 3.8) is 0 Å². The van der Waals surface area contributed by atoms with Gasteiger partial charge in [-0.3, -0.25) is 4.79 Å². The molecule has 0 aromatic heterocycles. The van der Waals surface area contributed by atoms with Gasteiger partial charge in [-0.1, -0.05) is 57.0 Å². The molecule has 106 valence electrons. The molecular formula is C15H23NO3. The summed E-state index contributed by atoms with van der Waals surface area (Å²) in [7, 11) is 0. The summed E-state index contributed by atoms with van der Waals surface area (Å²) in [6.45, 7) is 4.20. The first-order valence-electron chi connectivity index (χ1n) is 6.78. The second-order valence-electron chi connectivity index (χ2n) is 4.70. The Bertz CT molecular complexity index is 376. The van der Waals surface area contributed by atoms with Crippen LogP contribution in [0.1, 0.15) is 38.4 Å². The van der Waals surface area contributed by atoms with Gasteiger partial charge < -0.3 is 15.5 Å². The van der Waals surface area contributed by atoms with E-state index in [-0.39, 0.29) is 12.5 Å². The van der Waals surface area contributed by atoms with E-state index in [1.807, 2.05) is 19.9 Å². The van der Waals surface area contributed by atoms with Crippen LogP contribution in [0.4, 0.5) is 0 Å². The fraction of sp³-hybridized carbons (Fsp3) is 0.533. The fourth-order valence-corrected chi connectivity index (χ4v) is 2.09. The molecule has 1 aromatic carbocycles. The van der Waals surface area contributed by atoms with Crippen molar-refractivity contribution in [2.75, 3.05) is 6.54 Å². The monoisotopic (exact) mass is 265 g/mol. The third kappa shape index (κ3) is 4.65. The highest BCUT2D eigenvalue weighted by atomic mass is 16.3. The summed E-state index contributed by atoms with van der Waals surface area (Å²) < 4.78 is 0. The van der Waals surface area contributed by atoms with Gasteiger partial charge in [-0.2, -0.15) is 0 Å². The maximum atomic E-state index is 11.8. The average molecular weight is 265 g/mol. The van der Waals surface area contributed by atoms with Gasteiger partial charge in [-0.25, -0.2) is 0 Å². The molecule has 0 radical (unpaired) electrons. The minimum Gasteiger partial charge on any atom is -0.391 e. The summed E-state index contributed by atoms with van der Waals surface area (Å²) >= 11 is 0. The van der Waals surface area contributed by atoms with Gasteiger partial charge >= 0.3 is 0 Å². The number of hydrogen-bond acceptors (Lipinski definition) is 3. The summed E-state index contributed by atoms with van der Waals surface area (Å²) in [6, 6.07) is 8.75. The second-order valence-corrected chi connectivity index (χ2v) is 4.70. The van der Waals surface area contributed by atoms with Gasteiger partial charge in [0.1, 0.15) is 0 Å². The van der Waals surface area contributed by atoms with Gasteiger partial charge in [0.15, 0.2) is 6.10 Å². The number of aliphatic hydroxyl groups excluding tert-OH is 2. The molecule has 2 atom stereocenters. The summed E-state index contributed by atoms with van der Waals surface area (Å²) in [5.41, 5.74) is 0.553. The lowest BCUT2D eigenvalue weighted by Crippen LogP contribution is -2.38. The lowest BCUT2D eigenvalue weighted by molar-refractivity contribution is -0.130. The Morgan fingerprint density at radius 3 is 2.26 bits per heavy atom. The fourth-order valence-electron chi connectivity index (χ4n) is 2.09. The van der Waals surface area contributed by atoms with E-state index >= 15 is 0 Å². The molecule has 3 N–H and O–H groups in total. The minimum atomic E-state index is -1.19. The van der Waals surface area contributed by atoms with E-state index in [9.17, 15) is 15.0 Å². The molecule has 4 heteroatoms. The van der Waals surface area contributed by atoms with Crippen molar-refractivity contribution < 1.29 is 15.0 Å². The number of carbonyl (C=O) groups excluding carboxylic acids is 1. The van der Waals surface area contributed by atoms with Crippen LogP contribution in [0.15, 0.2) is 30.3 Å². The van der Waals surface area contributed by atoms with Crippen molar-refractivity contribution in [3.8, 4) is 0 Å². The van der Waals surface area contributed by atoms with Crippen molar-refractivity contribution in [3.05, 3.63) is 35.9 Å². The SMILES string of the molecule is CCC(CC)C(O)CNC(=O)[C@H](O)c1ccccc1. The molecule has 1 aromatic rings. The van der Waals surface area contributed by atoms with E-state index in [2.05, 4.69) is 5.32 Å². The summed E-state index contributed by atoms with van der Waals surface area (Å²) in [4.78, 5) is 11.8. The van der Waals surface area contributed by atoms with E-state index in [1.54, 1.807) is 24.3 Å². The summed E-state index contributed by atoms with van der Waals surface area (Å²) in [5, 5.41) is 22.4. The van der Waals surface area contributed by atoms with Gasteiger partial charge in [-0.15, -0.1) is 0 Å². The highest BCUT2D eigenvalue weighted by Crippen LogP contribution is 2.14. The molecule has 1 amide bonds. The molecule has 0 saturated heterocycles. The predicted molar refractivity (Wildman–Crippen MR) is 74.5 cm³/mol. The molecule has 0 aliphatic rings. The highest BCUT2D eigenvalue weighted by molar-refractivity contribution is 5.81. The lowest BCUT2D eigenvalue weighted by Gasteiger charge is -2.21. The van der Waals surface area contributed by atoms with Crippen LogP contribution in [0.2, 0.25) is 0 Å². The molecule has 0 bridgehead atoms. The molecule has 0 aliphatic carbocycles. The molecule has 0 spiro atoms. The van der Waals surface area contributed by atoms with Crippen LogP contribution >= 0.6 is 0 Å². The largest absolute Gasteiger partial charge is 0.391 e. The number of hydrogen-bond donors (Lipinski definition) is 3. The van der Waals surface area contributed by atoms with Crippen LogP contribution in [0.5, 0.6) is 0 Å². The Balaban J connectivity index is 2.47.